The van der Waals surface area contributed by atoms with Crippen molar-refractivity contribution in [3.8, 4) is 5.75 Å². The highest BCUT2D eigenvalue weighted by molar-refractivity contribution is 5.65. The predicted octanol–water partition coefficient (Wildman–Crippen LogP) is 1.07. The third kappa shape index (κ3) is 1.98. The first-order valence-electron chi connectivity index (χ1n) is 5.90. The molecule has 0 bridgehead atoms. The third-order valence-corrected chi connectivity index (χ3v) is 3.40. The number of anilines is 1. The number of aliphatic hydroxyl groups is 1. The summed E-state index contributed by atoms with van der Waals surface area (Å²) >= 11 is 0. The lowest BCUT2D eigenvalue weighted by Gasteiger charge is -2.21. The van der Waals surface area contributed by atoms with E-state index < -0.39 is 6.10 Å². The number of hydrogen-bond acceptors (Lipinski definition) is 4. The Labute approximate surface area is 102 Å². The van der Waals surface area contributed by atoms with E-state index in [1.807, 2.05) is 12.1 Å². The summed E-state index contributed by atoms with van der Waals surface area (Å²) in [4.78, 5) is 2.19. The summed E-state index contributed by atoms with van der Waals surface area (Å²) in [6.45, 7) is 2.78. The van der Waals surface area contributed by atoms with Crippen LogP contribution in [0.4, 0.5) is 5.69 Å². The standard InChI is InChI=1S/C13H20N2O2/c1-8(14)12(16)10-4-5-11-9(13(10)17-3)6-7-15(11)2/h4-5,8,12,16H,6-7,14H2,1-3H3. The van der Waals surface area contributed by atoms with Gasteiger partial charge in [-0.15, -0.1) is 0 Å². The zero-order chi connectivity index (χ0) is 12.6. The van der Waals surface area contributed by atoms with Crippen molar-refractivity contribution in [2.75, 3.05) is 25.6 Å². The van der Waals surface area contributed by atoms with Crippen LogP contribution < -0.4 is 15.4 Å². The lowest BCUT2D eigenvalue weighted by Crippen LogP contribution is -2.25. The van der Waals surface area contributed by atoms with E-state index >= 15 is 0 Å². The van der Waals surface area contributed by atoms with Gasteiger partial charge in [-0.2, -0.15) is 0 Å². The van der Waals surface area contributed by atoms with Crippen LogP contribution in [0.15, 0.2) is 12.1 Å². The number of aliphatic hydroxyl groups excluding tert-OH is 1. The van der Waals surface area contributed by atoms with Crippen LogP contribution in [0.5, 0.6) is 5.75 Å². The fourth-order valence-corrected chi connectivity index (χ4v) is 2.39. The zero-order valence-electron chi connectivity index (χ0n) is 10.6. The number of nitrogens with two attached hydrogens (primary N) is 1. The van der Waals surface area contributed by atoms with E-state index in [1.54, 1.807) is 14.0 Å². The van der Waals surface area contributed by atoms with Crippen LogP contribution in [0.2, 0.25) is 0 Å². The minimum Gasteiger partial charge on any atom is -0.496 e. The third-order valence-electron chi connectivity index (χ3n) is 3.40. The molecule has 0 aliphatic carbocycles. The van der Waals surface area contributed by atoms with Crippen LogP contribution >= 0.6 is 0 Å². The molecule has 0 fully saturated rings. The molecule has 1 aliphatic rings. The normalized spacial score (nSPS) is 17.8. The Kier molecular flexibility index (Phi) is 3.26. The molecule has 0 radical (unpaired) electrons. The molecule has 1 aromatic carbocycles. The molecule has 3 N–H and O–H groups in total. The Morgan fingerprint density at radius 3 is 2.76 bits per heavy atom. The molecule has 94 valence electrons. The highest BCUT2D eigenvalue weighted by Gasteiger charge is 2.25. The summed E-state index contributed by atoms with van der Waals surface area (Å²) in [6.07, 6.45) is 0.273. The van der Waals surface area contributed by atoms with E-state index in [2.05, 4.69) is 11.9 Å². The maximum atomic E-state index is 10.1. The van der Waals surface area contributed by atoms with Gasteiger partial charge >= 0.3 is 0 Å². The Bertz CT molecular complexity index is 418. The average molecular weight is 236 g/mol. The van der Waals surface area contributed by atoms with Crippen LogP contribution in [-0.4, -0.2) is 31.9 Å². The first-order chi connectivity index (χ1) is 8.06. The molecular formula is C13H20N2O2. The molecule has 1 heterocycles. The van der Waals surface area contributed by atoms with Crippen molar-refractivity contribution in [2.24, 2.45) is 5.73 Å². The van der Waals surface area contributed by atoms with Gasteiger partial charge in [-0.1, -0.05) is 6.07 Å². The molecule has 0 spiro atoms. The molecule has 17 heavy (non-hydrogen) atoms. The smallest absolute Gasteiger partial charge is 0.130 e. The minimum atomic E-state index is -0.679. The number of benzene rings is 1. The molecule has 1 aromatic rings. The van der Waals surface area contributed by atoms with Crippen molar-refractivity contribution in [3.63, 3.8) is 0 Å². The second kappa shape index (κ2) is 4.55. The van der Waals surface area contributed by atoms with Gasteiger partial charge in [0.1, 0.15) is 5.75 Å². The van der Waals surface area contributed by atoms with Gasteiger partial charge in [0.15, 0.2) is 0 Å². The molecule has 0 aromatic heterocycles. The quantitative estimate of drug-likeness (QED) is 0.824. The summed E-state index contributed by atoms with van der Waals surface area (Å²) in [5, 5.41) is 10.1. The van der Waals surface area contributed by atoms with E-state index in [0.29, 0.717) is 0 Å². The number of nitrogens with zero attached hydrogens (tertiary/aromatic N) is 1. The van der Waals surface area contributed by atoms with Crippen molar-refractivity contribution in [1.29, 1.82) is 0 Å². The highest BCUT2D eigenvalue weighted by atomic mass is 16.5. The van der Waals surface area contributed by atoms with Gasteiger partial charge in [0, 0.05) is 36.4 Å². The van der Waals surface area contributed by atoms with Crippen LogP contribution in [0, 0.1) is 0 Å². The summed E-state index contributed by atoms with van der Waals surface area (Å²) in [5.74, 6) is 0.789. The number of methoxy groups -OCH3 is 1. The molecule has 4 heteroatoms. The van der Waals surface area contributed by atoms with Gasteiger partial charge in [0.25, 0.3) is 0 Å². The number of likely N-dealkylation sites (N-methyl/N-ethyl adjacent to an activating group) is 1. The van der Waals surface area contributed by atoms with E-state index in [4.69, 9.17) is 10.5 Å². The molecule has 4 nitrogen and oxygen atoms in total. The van der Waals surface area contributed by atoms with Crippen LogP contribution in [0.3, 0.4) is 0 Å². The van der Waals surface area contributed by atoms with Crippen molar-refractivity contribution >= 4 is 5.69 Å². The molecule has 1 aliphatic heterocycles. The maximum Gasteiger partial charge on any atom is 0.130 e. The monoisotopic (exact) mass is 236 g/mol. The molecular weight excluding hydrogens is 216 g/mol. The molecule has 2 atom stereocenters. The first kappa shape index (κ1) is 12.2. The predicted molar refractivity (Wildman–Crippen MR) is 68.6 cm³/mol. The molecule has 0 saturated carbocycles. The van der Waals surface area contributed by atoms with Gasteiger partial charge in [0.2, 0.25) is 0 Å². The van der Waals surface area contributed by atoms with Gasteiger partial charge < -0.3 is 20.5 Å². The molecule has 0 saturated heterocycles. The van der Waals surface area contributed by atoms with Gasteiger partial charge in [-0.3, -0.25) is 0 Å². The second-order valence-corrected chi connectivity index (χ2v) is 4.66. The van der Waals surface area contributed by atoms with E-state index in [1.165, 1.54) is 11.3 Å². The number of rotatable bonds is 3. The van der Waals surface area contributed by atoms with Crippen LogP contribution in [0.25, 0.3) is 0 Å². The Morgan fingerprint density at radius 1 is 1.47 bits per heavy atom. The second-order valence-electron chi connectivity index (χ2n) is 4.66. The molecule has 0 amide bonds. The minimum absolute atomic E-state index is 0.305. The summed E-state index contributed by atoms with van der Waals surface area (Å²) in [5.41, 5.74) is 8.89. The van der Waals surface area contributed by atoms with E-state index in [0.717, 1.165) is 24.3 Å². The summed E-state index contributed by atoms with van der Waals surface area (Å²) < 4.78 is 5.47. The van der Waals surface area contributed by atoms with Crippen molar-refractivity contribution in [1.82, 2.24) is 0 Å². The van der Waals surface area contributed by atoms with E-state index in [-0.39, 0.29) is 6.04 Å². The highest BCUT2D eigenvalue weighted by Crippen LogP contribution is 2.39. The SMILES string of the molecule is COc1c(C(O)C(C)N)ccc2c1CCN2C. The number of fused-ring (bicyclic) bond motifs is 1. The van der Waals surface area contributed by atoms with Crippen molar-refractivity contribution < 1.29 is 9.84 Å². The van der Waals surface area contributed by atoms with Crippen molar-refractivity contribution in [3.05, 3.63) is 23.3 Å². The molecule has 2 rings (SSSR count). The van der Waals surface area contributed by atoms with E-state index in [9.17, 15) is 5.11 Å². The topological polar surface area (TPSA) is 58.7 Å². The average Bonchev–Trinajstić information content (AvgIpc) is 2.69. The van der Waals surface area contributed by atoms with Crippen LogP contribution in [0.1, 0.15) is 24.2 Å². The zero-order valence-corrected chi connectivity index (χ0v) is 10.6. The Morgan fingerprint density at radius 2 is 2.18 bits per heavy atom. The maximum absolute atomic E-state index is 10.1. The van der Waals surface area contributed by atoms with Gasteiger partial charge in [0.05, 0.1) is 13.2 Å². The lowest BCUT2D eigenvalue weighted by molar-refractivity contribution is 0.149. The van der Waals surface area contributed by atoms with Crippen molar-refractivity contribution in [2.45, 2.75) is 25.5 Å². The summed E-state index contributed by atoms with van der Waals surface area (Å²) in [7, 11) is 3.71. The van der Waals surface area contributed by atoms with Gasteiger partial charge in [-0.25, -0.2) is 0 Å². The van der Waals surface area contributed by atoms with Gasteiger partial charge in [-0.05, 0) is 19.4 Å². The fraction of sp³-hybridized carbons (Fsp3) is 0.538. The fourth-order valence-electron chi connectivity index (χ4n) is 2.39. The lowest BCUT2D eigenvalue weighted by atomic mass is 9.98. The largest absolute Gasteiger partial charge is 0.496 e. The number of hydrogen-bond donors (Lipinski definition) is 2. The van der Waals surface area contributed by atoms with Crippen LogP contribution in [-0.2, 0) is 6.42 Å². The summed E-state index contributed by atoms with van der Waals surface area (Å²) in [6, 6.07) is 3.64. The first-order valence-corrected chi connectivity index (χ1v) is 5.90. The number of ether oxygens (including phenoxy) is 1. The molecule has 2 unspecified atom stereocenters. The Hall–Kier alpha value is -1.26. The Balaban J connectivity index is 2.49.